The molecule has 0 unspecified atom stereocenters. The van der Waals surface area contributed by atoms with Gasteiger partial charge in [-0.3, -0.25) is 19.5 Å². The van der Waals surface area contributed by atoms with Crippen LogP contribution in [0.2, 0.25) is 0 Å². The van der Waals surface area contributed by atoms with Crippen LogP contribution in [-0.4, -0.2) is 30.7 Å². The van der Waals surface area contributed by atoms with E-state index in [2.05, 4.69) is 16.8 Å². The van der Waals surface area contributed by atoms with Crippen molar-refractivity contribution in [2.75, 3.05) is 0 Å². The highest BCUT2D eigenvalue weighted by atomic mass is 32.2. The van der Waals surface area contributed by atoms with Gasteiger partial charge >= 0.3 is 0 Å². The van der Waals surface area contributed by atoms with E-state index in [1.165, 1.54) is 23.9 Å². The standard InChI is InChI=1S/C16H16N4O3S/c1-2-10-19-15(11-6-8-12(9-7-11)20(22)23)17-18-16(19)24-14-5-3-4-13(14)21/h2,6-9,14H,1,3-5,10H2/t14-/m1/s1. The first-order valence-electron chi connectivity index (χ1n) is 7.58. The molecule has 8 heteroatoms. The number of ketones is 1. The van der Waals surface area contributed by atoms with Gasteiger partial charge in [-0.05, 0) is 25.0 Å². The minimum absolute atomic E-state index is 0.0275. The normalized spacial score (nSPS) is 17.2. The van der Waals surface area contributed by atoms with Gasteiger partial charge in [-0.25, -0.2) is 0 Å². The summed E-state index contributed by atoms with van der Waals surface area (Å²) in [6, 6.07) is 6.18. The molecule has 1 aromatic heterocycles. The molecule has 0 bridgehead atoms. The first kappa shape index (κ1) is 16.4. The van der Waals surface area contributed by atoms with Crippen LogP contribution in [0.1, 0.15) is 19.3 Å². The van der Waals surface area contributed by atoms with Gasteiger partial charge in [-0.2, -0.15) is 0 Å². The highest BCUT2D eigenvalue weighted by Gasteiger charge is 2.28. The van der Waals surface area contributed by atoms with Crippen molar-refractivity contribution in [3.05, 3.63) is 47.0 Å². The summed E-state index contributed by atoms with van der Waals surface area (Å²) in [7, 11) is 0. The van der Waals surface area contributed by atoms with Gasteiger partial charge in [-0.1, -0.05) is 17.8 Å². The number of hydrogen-bond acceptors (Lipinski definition) is 6. The lowest BCUT2D eigenvalue weighted by Gasteiger charge is -2.10. The minimum Gasteiger partial charge on any atom is -0.298 e. The molecule has 1 heterocycles. The van der Waals surface area contributed by atoms with Crippen molar-refractivity contribution in [2.45, 2.75) is 36.2 Å². The Labute approximate surface area is 142 Å². The molecule has 0 saturated heterocycles. The number of nitro groups is 1. The molecule has 0 amide bonds. The number of allylic oxidation sites excluding steroid dienone is 1. The van der Waals surface area contributed by atoms with E-state index in [0.717, 1.165) is 18.4 Å². The van der Waals surface area contributed by atoms with Gasteiger partial charge in [-0.15, -0.1) is 16.8 Å². The van der Waals surface area contributed by atoms with Crippen molar-refractivity contribution >= 4 is 23.2 Å². The summed E-state index contributed by atoms with van der Waals surface area (Å²) in [5, 5.41) is 19.8. The van der Waals surface area contributed by atoms with Crippen LogP contribution in [0.25, 0.3) is 11.4 Å². The fraction of sp³-hybridized carbons (Fsp3) is 0.312. The Bertz CT molecular complexity index is 785. The molecular formula is C16H16N4O3S. The number of nitro benzene ring substituents is 1. The zero-order chi connectivity index (χ0) is 17.1. The monoisotopic (exact) mass is 344 g/mol. The minimum atomic E-state index is -0.439. The number of thioether (sulfide) groups is 1. The van der Waals surface area contributed by atoms with E-state index in [-0.39, 0.29) is 16.7 Å². The van der Waals surface area contributed by atoms with Crippen molar-refractivity contribution in [3.8, 4) is 11.4 Å². The van der Waals surface area contributed by atoms with Crippen molar-refractivity contribution in [1.82, 2.24) is 14.8 Å². The summed E-state index contributed by atoms with van der Waals surface area (Å²) in [5.74, 6) is 0.864. The summed E-state index contributed by atoms with van der Waals surface area (Å²) in [4.78, 5) is 22.2. The molecule has 1 aromatic carbocycles. The number of benzene rings is 1. The number of aromatic nitrogens is 3. The van der Waals surface area contributed by atoms with E-state index in [1.807, 2.05) is 4.57 Å². The number of nitrogens with zero attached hydrogens (tertiary/aromatic N) is 4. The third-order valence-corrected chi connectivity index (χ3v) is 5.16. The van der Waals surface area contributed by atoms with E-state index in [1.54, 1.807) is 18.2 Å². The fourth-order valence-electron chi connectivity index (χ4n) is 2.65. The maximum Gasteiger partial charge on any atom is 0.269 e. The molecule has 1 atom stereocenters. The van der Waals surface area contributed by atoms with Gasteiger partial charge < -0.3 is 0 Å². The van der Waals surface area contributed by atoms with Crippen molar-refractivity contribution in [2.24, 2.45) is 0 Å². The average molecular weight is 344 g/mol. The van der Waals surface area contributed by atoms with Crippen LogP contribution in [0, 0.1) is 10.1 Å². The van der Waals surface area contributed by atoms with E-state index < -0.39 is 4.92 Å². The van der Waals surface area contributed by atoms with Crippen LogP contribution < -0.4 is 0 Å². The van der Waals surface area contributed by atoms with Gasteiger partial charge in [0.15, 0.2) is 11.0 Å². The Balaban J connectivity index is 1.91. The summed E-state index contributed by atoms with van der Waals surface area (Å²) in [5.41, 5.74) is 0.763. The number of carbonyl (C=O) groups is 1. The molecule has 1 aliphatic rings. The van der Waals surface area contributed by atoms with Crippen molar-refractivity contribution in [1.29, 1.82) is 0 Å². The quantitative estimate of drug-likeness (QED) is 0.454. The summed E-state index contributed by atoms with van der Waals surface area (Å²) < 4.78 is 1.88. The largest absolute Gasteiger partial charge is 0.298 e. The van der Waals surface area contributed by atoms with E-state index in [0.29, 0.717) is 23.9 Å². The van der Waals surface area contributed by atoms with Gasteiger partial charge in [0.25, 0.3) is 5.69 Å². The lowest BCUT2D eigenvalue weighted by molar-refractivity contribution is -0.384. The molecule has 24 heavy (non-hydrogen) atoms. The maximum atomic E-state index is 11.9. The predicted octanol–water partition coefficient (Wildman–Crippen LogP) is 3.25. The first-order chi connectivity index (χ1) is 11.6. The Morgan fingerprint density at radius 2 is 2.12 bits per heavy atom. The topological polar surface area (TPSA) is 90.9 Å². The second-order valence-electron chi connectivity index (χ2n) is 5.47. The molecule has 3 rings (SSSR count). The molecule has 0 radical (unpaired) electrons. The van der Waals surface area contributed by atoms with Crippen LogP contribution >= 0.6 is 11.8 Å². The Morgan fingerprint density at radius 3 is 2.71 bits per heavy atom. The van der Waals surface area contributed by atoms with Gasteiger partial charge in [0.05, 0.1) is 10.2 Å². The third kappa shape index (κ3) is 3.23. The summed E-state index contributed by atoms with van der Waals surface area (Å²) in [6.07, 6.45) is 4.14. The zero-order valence-corrected chi connectivity index (χ0v) is 13.7. The number of non-ortho nitro benzene ring substituents is 1. The predicted molar refractivity (Wildman–Crippen MR) is 90.8 cm³/mol. The fourth-order valence-corrected chi connectivity index (χ4v) is 3.82. The second-order valence-corrected chi connectivity index (χ2v) is 6.64. The lowest BCUT2D eigenvalue weighted by Crippen LogP contribution is -2.10. The van der Waals surface area contributed by atoms with Crippen LogP contribution in [0.15, 0.2) is 42.1 Å². The first-order valence-corrected chi connectivity index (χ1v) is 8.46. The maximum absolute atomic E-state index is 11.9. The van der Waals surface area contributed by atoms with Crippen molar-refractivity contribution < 1.29 is 9.72 Å². The number of Topliss-reactive ketones (excluding diaryl/α,β-unsaturated/α-hetero) is 1. The van der Waals surface area contributed by atoms with Gasteiger partial charge in [0.2, 0.25) is 0 Å². The van der Waals surface area contributed by atoms with Crippen LogP contribution in [0.5, 0.6) is 0 Å². The highest BCUT2D eigenvalue weighted by Crippen LogP contribution is 2.33. The second kappa shape index (κ2) is 6.96. The van der Waals surface area contributed by atoms with Crippen molar-refractivity contribution in [3.63, 3.8) is 0 Å². The molecule has 1 fully saturated rings. The number of hydrogen-bond donors (Lipinski definition) is 0. The van der Waals surface area contributed by atoms with Gasteiger partial charge in [0, 0.05) is 30.7 Å². The Morgan fingerprint density at radius 1 is 1.38 bits per heavy atom. The Kier molecular flexibility index (Phi) is 4.75. The van der Waals surface area contributed by atoms with E-state index in [4.69, 9.17) is 0 Å². The lowest BCUT2D eigenvalue weighted by atomic mass is 10.2. The average Bonchev–Trinajstić information content (AvgIpc) is 3.16. The van der Waals surface area contributed by atoms with Crippen LogP contribution in [0.4, 0.5) is 5.69 Å². The third-order valence-electron chi connectivity index (χ3n) is 3.86. The van der Waals surface area contributed by atoms with Gasteiger partial charge in [0.1, 0.15) is 5.78 Å². The molecule has 124 valence electrons. The number of rotatable bonds is 6. The Hall–Kier alpha value is -2.48. The molecule has 0 N–H and O–H groups in total. The molecule has 0 spiro atoms. The number of carbonyl (C=O) groups excluding carboxylic acids is 1. The molecule has 7 nitrogen and oxygen atoms in total. The molecular weight excluding hydrogens is 328 g/mol. The summed E-state index contributed by atoms with van der Waals surface area (Å²) >= 11 is 1.43. The molecule has 1 aliphatic carbocycles. The van der Waals surface area contributed by atoms with E-state index >= 15 is 0 Å². The molecule has 1 saturated carbocycles. The summed E-state index contributed by atoms with van der Waals surface area (Å²) in [6.45, 7) is 4.26. The zero-order valence-electron chi connectivity index (χ0n) is 12.9. The van der Waals surface area contributed by atoms with Crippen LogP contribution in [-0.2, 0) is 11.3 Å². The van der Waals surface area contributed by atoms with Crippen LogP contribution in [0.3, 0.4) is 0 Å². The van der Waals surface area contributed by atoms with E-state index in [9.17, 15) is 14.9 Å². The SMILES string of the molecule is C=CCn1c(S[C@@H]2CCCC2=O)nnc1-c1ccc([N+](=O)[O-])cc1. The highest BCUT2D eigenvalue weighted by molar-refractivity contribution is 8.00. The molecule has 2 aromatic rings. The smallest absolute Gasteiger partial charge is 0.269 e. The molecule has 0 aliphatic heterocycles.